The van der Waals surface area contributed by atoms with Crippen LogP contribution in [-0.4, -0.2) is 10.2 Å². The molecule has 2 rings (SSSR count). The maximum Gasteiger partial charge on any atom is 0.0669 e. The third-order valence-corrected chi connectivity index (χ3v) is 1.89. The number of benzene rings is 1. The van der Waals surface area contributed by atoms with E-state index in [0.29, 0.717) is 6.42 Å². The molecular formula is C10H7N3. The molecule has 0 aliphatic rings. The van der Waals surface area contributed by atoms with Gasteiger partial charge in [0, 0.05) is 10.8 Å². The van der Waals surface area contributed by atoms with Gasteiger partial charge in [0.25, 0.3) is 0 Å². The van der Waals surface area contributed by atoms with Gasteiger partial charge in [-0.15, -0.1) is 0 Å². The third kappa shape index (κ3) is 1.47. The summed E-state index contributed by atoms with van der Waals surface area (Å²) in [5, 5.41) is 18.2. The van der Waals surface area contributed by atoms with E-state index in [4.69, 9.17) is 5.26 Å². The highest BCUT2D eigenvalue weighted by atomic mass is 15.1. The topological polar surface area (TPSA) is 49.6 Å². The highest BCUT2D eigenvalue weighted by molar-refractivity contribution is 5.81. The number of nitrogens with zero attached hydrogens (tertiary/aromatic N) is 3. The fourth-order valence-corrected chi connectivity index (χ4v) is 1.25. The first-order valence-electron chi connectivity index (χ1n) is 3.96. The van der Waals surface area contributed by atoms with Gasteiger partial charge in [-0.05, 0) is 11.6 Å². The molecule has 0 unspecified atom stereocenters. The Morgan fingerprint density at radius 3 is 2.69 bits per heavy atom. The molecule has 62 valence electrons. The van der Waals surface area contributed by atoms with E-state index in [9.17, 15) is 0 Å². The first kappa shape index (κ1) is 7.69. The van der Waals surface area contributed by atoms with E-state index in [0.717, 1.165) is 16.3 Å². The molecule has 0 radical (unpaired) electrons. The third-order valence-electron chi connectivity index (χ3n) is 1.89. The average molecular weight is 169 g/mol. The summed E-state index contributed by atoms with van der Waals surface area (Å²) in [6.07, 6.45) is 3.86. The largest absolute Gasteiger partial charge is 0.198 e. The molecule has 0 N–H and O–H groups in total. The highest BCUT2D eigenvalue weighted by Crippen LogP contribution is 2.13. The molecule has 3 heteroatoms. The predicted octanol–water partition coefficient (Wildman–Crippen LogP) is 1.70. The number of nitriles is 1. The summed E-state index contributed by atoms with van der Waals surface area (Å²) in [7, 11) is 0. The van der Waals surface area contributed by atoms with Crippen LogP contribution >= 0.6 is 0 Å². The smallest absolute Gasteiger partial charge is 0.0669 e. The molecule has 0 saturated carbocycles. The van der Waals surface area contributed by atoms with Crippen LogP contribution in [0.2, 0.25) is 0 Å². The Balaban J connectivity index is 2.57. The predicted molar refractivity (Wildman–Crippen MR) is 48.9 cm³/mol. The molecule has 2 aromatic rings. The number of rotatable bonds is 1. The van der Waals surface area contributed by atoms with Crippen molar-refractivity contribution >= 4 is 10.8 Å². The van der Waals surface area contributed by atoms with Crippen LogP contribution in [0.15, 0.2) is 30.6 Å². The van der Waals surface area contributed by atoms with Crippen molar-refractivity contribution in [2.75, 3.05) is 0 Å². The van der Waals surface area contributed by atoms with Gasteiger partial charge in [0.15, 0.2) is 0 Å². The van der Waals surface area contributed by atoms with E-state index >= 15 is 0 Å². The standard InChI is InChI=1S/C10H7N3/c11-4-3-8-1-2-9-6-12-13-7-10(9)5-8/h1-2,5-7H,3H2. The van der Waals surface area contributed by atoms with Crippen molar-refractivity contribution in [1.29, 1.82) is 5.26 Å². The van der Waals surface area contributed by atoms with Gasteiger partial charge >= 0.3 is 0 Å². The van der Waals surface area contributed by atoms with Crippen molar-refractivity contribution in [2.24, 2.45) is 0 Å². The molecule has 0 spiro atoms. The molecule has 1 aromatic heterocycles. The van der Waals surface area contributed by atoms with Gasteiger partial charge in [0.05, 0.1) is 24.9 Å². The summed E-state index contributed by atoms with van der Waals surface area (Å²) in [4.78, 5) is 0. The Labute approximate surface area is 75.6 Å². The van der Waals surface area contributed by atoms with Gasteiger partial charge < -0.3 is 0 Å². The summed E-state index contributed by atoms with van der Waals surface area (Å²) in [6.45, 7) is 0. The zero-order chi connectivity index (χ0) is 9.10. The van der Waals surface area contributed by atoms with Crippen LogP contribution < -0.4 is 0 Å². The number of hydrogen-bond donors (Lipinski definition) is 0. The average Bonchev–Trinajstić information content (AvgIpc) is 2.18. The molecule has 0 fully saturated rings. The lowest BCUT2D eigenvalue weighted by Gasteiger charge is -1.97. The minimum absolute atomic E-state index is 0.443. The van der Waals surface area contributed by atoms with E-state index in [2.05, 4.69) is 16.3 Å². The SMILES string of the molecule is N#CCc1ccc2cnncc2c1. The lowest BCUT2D eigenvalue weighted by atomic mass is 10.1. The highest BCUT2D eigenvalue weighted by Gasteiger charge is 1.95. The quantitative estimate of drug-likeness (QED) is 0.652. The van der Waals surface area contributed by atoms with Crippen molar-refractivity contribution < 1.29 is 0 Å². The maximum atomic E-state index is 8.51. The van der Waals surface area contributed by atoms with Crippen LogP contribution in [0.3, 0.4) is 0 Å². The van der Waals surface area contributed by atoms with Crippen LogP contribution in [0.5, 0.6) is 0 Å². The van der Waals surface area contributed by atoms with Gasteiger partial charge in [-0.1, -0.05) is 12.1 Å². The van der Waals surface area contributed by atoms with E-state index in [-0.39, 0.29) is 0 Å². The summed E-state index contributed by atoms with van der Waals surface area (Å²) in [5.74, 6) is 0. The zero-order valence-corrected chi connectivity index (χ0v) is 6.94. The molecule has 0 aliphatic carbocycles. The summed E-state index contributed by atoms with van der Waals surface area (Å²) in [5.41, 5.74) is 1.02. The molecule has 0 amide bonds. The van der Waals surface area contributed by atoms with E-state index in [1.54, 1.807) is 12.4 Å². The Hall–Kier alpha value is -1.95. The molecule has 1 heterocycles. The van der Waals surface area contributed by atoms with Gasteiger partial charge in [-0.25, -0.2) is 0 Å². The molecular weight excluding hydrogens is 162 g/mol. The van der Waals surface area contributed by atoms with Gasteiger partial charge in [-0.3, -0.25) is 0 Å². The fourth-order valence-electron chi connectivity index (χ4n) is 1.25. The fraction of sp³-hybridized carbons (Fsp3) is 0.100. The Morgan fingerprint density at radius 1 is 1.15 bits per heavy atom. The molecule has 3 nitrogen and oxygen atoms in total. The minimum Gasteiger partial charge on any atom is -0.198 e. The second kappa shape index (κ2) is 3.20. The maximum absolute atomic E-state index is 8.51. The molecule has 0 bridgehead atoms. The van der Waals surface area contributed by atoms with Crippen LogP contribution in [0.4, 0.5) is 0 Å². The monoisotopic (exact) mass is 169 g/mol. The first-order valence-corrected chi connectivity index (χ1v) is 3.96. The van der Waals surface area contributed by atoms with Crippen molar-refractivity contribution in [3.05, 3.63) is 36.2 Å². The van der Waals surface area contributed by atoms with Crippen molar-refractivity contribution in [3.8, 4) is 6.07 Å². The number of aromatic nitrogens is 2. The van der Waals surface area contributed by atoms with Crippen molar-refractivity contribution in [1.82, 2.24) is 10.2 Å². The van der Waals surface area contributed by atoms with Crippen molar-refractivity contribution in [2.45, 2.75) is 6.42 Å². The molecule has 1 aromatic carbocycles. The zero-order valence-electron chi connectivity index (χ0n) is 6.94. The first-order chi connectivity index (χ1) is 6.40. The van der Waals surface area contributed by atoms with E-state index in [1.165, 1.54) is 0 Å². The second-order valence-electron chi connectivity index (χ2n) is 2.79. The van der Waals surface area contributed by atoms with E-state index in [1.807, 2.05) is 18.2 Å². The van der Waals surface area contributed by atoms with Gasteiger partial charge in [0.1, 0.15) is 0 Å². The molecule has 13 heavy (non-hydrogen) atoms. The molecule has 0 aliphatic heterocycles. The Kier molecular flexibility index (Phi) is 1.89. The Bertz CT molecular complexity index is 471. The summed E-state index contributed by atoms with van der Waals surface area (Å²) >= 11 is 0. The Morgan fingerprint density at radius 2 is 1.92 bits per heavy atom. The number of hydrogen-bond acceptors (Lipinski definition) is 3. The van der Waals surface area contributed by atoms with E-state index < -0.39 is 0 Å². The van der Waals surface area contributed by atoms with Crippen molar-refractivity contribution in [3.63, 3.8) is 0 Å². The second-order valence-corrected chi connectivity index (χ2v) is 2.79. The molecule has 0 atom stereocenters. The van der Waals surface area contributed by atoms with Gasteiger partial charge in [-0.2, -0.15) is 15.5 Å². The summed E-state index contributed by atoms with van der Waals surface area (Å²) in [6, 6.07) is 7.97. The molecule has 0 saturated heterocycles. The summed E-state index contributed by atoms with van der Waals surface area (Å²) < 4.78 is 0. The van der Waals surface area contributed by atoms with Crippen LogP contribution in [0.1, 0.15) is 5.56 Å². The minimum atomic E-state index is 0.443. The normalized spacial score (nSPS) is 9.77. The van der Waals surface area contributed by atoms with Gasteiger partial charge in [0.2, 0.25) is 0 Å². The van der Waals surface area contributed by atoms with Crippen LogP contribution in [0, 0.1) is 11.3 Å². The van der Waals surface area contributed by atoms with Crippen LogP contribution in [0.25, 0.3) is 10.8 Å². The lowest BCUT2D eigenvalue weighted by Crippen LogP contribution is -1.84. The van der Waals surface area contributed by atoms with Crippen LogP contribution in [-0.2, 0) is 6.42 Å². The lowest BCUT2D eigenvalue weighted by molar-refractivity contribution is 1.05. The number of fused-ring (bicyclic) bond motifs is 1.